The molecule has 0 spiro atoms. The lowest BCUT2D eigenvalue weighted by Crippen LogP contribution is -2.14. The Morgan fingerprint density at radius 1 is 1.00 bits per heavy atom. The van der Waals surface area contributed by atoms with Crippen LogP contribution in [0.5, 0.6) is 0 Å². The Labute approximate surface area is 106 Å². The number of dihydropyridines is 1. The number of hydrogen-bond acceptors (Lipinski definition) is 1. The lowest BCUT2D eigenvalue weighted by Gasteiger charge is -2.16. The van der Waals surface area contributed by atoms with Gasteiger partial charge in [0.1, 0.15) is 0 Å². The van der Waals surface area contributed by atoms with Crippen molar-refractivity contribution in [3.63, 3.8) is 0 Å². The van der Waals surface area contributed by atoms with E-state index >= 15 is 0 Å². The van der Waals surface area contributed by atoms with Gasteiger partial charge in [0, 0.05) is 0 Å². The Kier molecular flexibility index (Phi) is 8.85. The van der Waals surface area contributed by atoms with Crippen molar-refractivity contribution >= 4 is 0 Å². The van der Waals surface area contributed by atoms with Crippen molar-refractivity contribution in [1.82, 2.24) is 5.32 Å². The number of rotatable bonds is 1. The second-order valence-electron chi connectivity index (χ2n) is 3.30. The molecule has 2 rings (SSSR count). The third-order valence-corrected chi connectivity index (χ3v) is 2.19. The summed E-state index contributed by atoms with van der Waals surface area (Å²) in [6.07, 6.45) is 8.22. The maximum Gasteiger partial charge on any atom is 0.0695 e. The standard InChI is InChI=1S/C12H13N.2C2H6/c1-10-5-4-6-11(9-10)12-7-2-3-8-13-12;2*1-2/h2-9,12-13H,1H3;2*1-2H3. The number of allylic oxidation sites excluding steroid dienone is 2. The summed E-state index contributed by atoms with van der Waals surface area (Å²) < 4.78 is 0. The minimum atomic E-state index is 0.338. The Morgan fingerprint density at radius 3 is 2.24 bits per heavy atom. The molecule has 1 aliphatic rings. The first kappa shape index (κ1) is 15.5. The van der Waals surface area contributed by atoms with Crippen LogP contribution in [0.3, 0.4) is 0 Å². The van der Waals surface area contributed by atoms with E-state index in [4.69, 9.17) is 0 Å². The van der Waals surface area contributed by atoms with Crippen LogP contribution in [-0.2, 0) is 0 Å². The molecule has 1 aliphatic heterocycles. The zero-order valence-electron chi connectivity index (χ0n) is 11.7. The topological polar surface area (TPSA) is 12.0 Å². The largest absolute Gasteiger partial charge is 0.381 e. The van der Waals surface area contributed by atoms with Crippen LogP contribution in [0.2, 0.25) is 0 Å². The summed E-state index contributed by atoms with van der Waals surface area (Å²) >= 11 is 0. The van der Waals surface area contributed by atoms with Crippen molar-refractivity contribution < 1.29 is 0 Å². The molecule has 17 heavy (non-hydrogen) atoms. The molecule has 94 valence electrons. The molecule has 1 heterocycles. The van der Waals surface area contributed by atoms with Gasteiger partial charge in [-0.2, -0.15) is 0 Å². The molecule has 1 aromatic rings. The van der Waals surface area contributed by atoms with E-state index in [1.165, 1.54) is 11.1 Å². The maximum atomic E-state index is 3.30. The van der Waals surface area contributed by atoms with Crippen LogP contribution in [0, 0.1) is 6.92 Å². The third-order valence-electron chi connectivity index (χ3n) is 2.19. The predicted molar refractivity (Wildman–Crippen MR) is 78.0 cm³/mol. The van der Waals surface area contributed by atoms with Gasteiger partial charge in [0.2, 0.25) is 0 Å². The monoisotopic (exact) mass is 231 g/mol. The molecule has 1 nitrogen and oxygen atoms in total. The molecular weight excluding hydrogens is 206 g/mol. The summed E-state index contributed by atoms with van der Waals surface area (Å²) in [4.78, 5) is 0. The normalized spacial score (nSPS) is 15.9. The van der Waals surface area contributed by atoms with Gasteiger partial charge in [-0.05, 0) is 24.8 Å². The summed E-state index contributed by atoms with van der Waals surface area (Å²) in [7, 11) is 0. The molecule has 0 saturated heterocycles. The minimum absolute atomic E-state index is 0.338. The zero-order chi connectivity index (χ0) is 13.1. The van der Waals surface area contributed by atoms with Crippen LogP contribution >= 0.6 is 0 Å². The van der Waals surface area contributed by atoms with Gasteiger partial charge in [0.25, 0.3) is 0 Å². The minimum Gasteiger partial charge on any atom is -0.381 e. The van der Waals surface area contributed by atoms with Crippen molar-refractivity contribution in [2.24, 2.45) is 0 Å². The van der Waals surface area contributed by atoms with Gasteiger partial charge in [-0.1, -0.05) is 69.7 Å². The summed E-state index contributed by atoms with van der Waals surface area (Å²) in [5.41, 5.74) is 2.63. The fourth-order valence-corrected chi connectivity index (χ4v) is 1.52. The smallest absolute Gasteiger partial charge is 0.0695 e. The first-order valence-corrected chi connectivity index (χ1v) is 6.52. The molecular formula is C16H25N. The highest BCUT2D eigenvalue weighted by atomic mass is 14.9. The Bertz CT molecular complexity index is 350. The molecule has 0 fully saturated rings. The second kappa shape index (κ2) is 9.71. The summed E-state index contributed by atoms with van der Waals surface area (Å²) in [5, 5.41) is 3.30. The number of nitrogens with one attached hydrogen (secondary N) is 1. The molecule has 1 N–H and O–H groups in total. The Balaban J connectivity index is 0.000000581. The van der Waals surface area contributed by atoms with Crippen LogP contribution in [-0.4, -0.2) is 0 Å². The van der Waals surface area contributed by atoms with Crippen molar-refractivity contribution in [1.29, 1.82) is 0 Å². The van der Waals surface area contributed by atoms with Gasteiger partial charge in [0.15, 0.2) is 0 Å². The lowest BCUT2D eigenvalue weighted by molar-refractivity contribution is 0.746. The highest BCUT2D eigenvalue weighted by molar-refractivity contribution is 5.30. The van der Waals surface area contributed by atoms with Crippen LogP contribution in [0.4, 0.5) is 0 Å². The van der Waals surface area contributed by atoms with Crippen molar-refractivity contribution in [3.8, 4) is 0 Å². The molecule has 1 atom stereocenters. The quantitative estimate of drug-likeness (QED) is 0.734. The van der Waals surface area contributed by atoms with Gasteiger partial charge in [-0.15, -0.1) is 0 Å². The van der Waals surface area contributed by atoms with Crippen LogP contribution in [0.15, 0.2) is 48.7 Å². The molecule has 0 amide bonds. The Hall–Kier alpha value is -1.50. The van der Waals surface area contributed by atoms with E-state index < -0.39 is 0 Å². The fraction of sp³-hybridized carbons (Fsp3) is 0.375. The van der Waals surface area contributed by atoms with E-state index in [-0.39, 0.29) is 0 Å². The summed E-state index contributed by atoms with van der Waals surface area (Å²) in [6, 6.07) is 8.91. The van der Waals surface area contributed by atoms with E-state index in [0.717, 1.165) is 0 Å². The van der Waals surface area contributed by atoms with E-state index in [1.54, 1.807) is 0 Å². The van der Waals surface area contributed by atoms with Gasteiger partial charge >= 0.3 is 0 Å². The molecule has 0 aromatic heterocycles. The first-order chi connectivity index (χ1) is 8.36. The number of benzene rings is 1. The van der Waals surface area contributed by atoms with Gasteiger partial charge < -0.3 is 5.32 Å². The first-order valence-electron chi connectivity index (χ1n) is 6.52. The third kappa shape index (κ3) is 5.39. The van der Waals surface area contributed by atoms with Gasteiger partial charge in [0.05, 0.1) is 6.04 Å². The SMILES string of the molecule is CC.CC.Cc1cccc(C2C=CC=CN2)c1. The second-order valence-corrected chi connectivity index (χ2v) is 3.30. The lowest BCUT2D eigenvalue weighted by atomic mass is 10.0. The highest BCUT2D eigenvalue weighted by Gasteiger charge is 2.06. The number of hydrogen-bond donors (Lipinski definition) is 1. The summed E-state index contributed by atoms with van der Waals surface area (Å²) in [6.45, 7) is 10.1. The Morgan fingerprint density at radius 2 is 1.71 bits per heavy atom. The summed E-state index contributed by atoms with van der Waals surface area (Å²) in [5.74, 6) is 0. The van der Waals surface area contributed by atoms with Crippen molar-refractivity contribution in [2.45, 2.75) is 40.7 Å². The van der Waals surface area contributed by atoms with Crippen LogP contribution < -0.4 is 5.32 Å². The van der Waals surface area contributed by atoms with Crippen LogP contribution in [0.25, 0.3) is 0 Å². The molecule has 1 heteroatoms. The highest BCUT2D eigenvalue weighted by Crippen LogP contribution is 2.17. The van der Waals surface area contributed by atoms with Crippen LogP contribution in [0.1, 0.15) is 44.9 Å². The fourth-order valence-electron chi connectivity index (χ4n) is 1.52. The molecule has 0 aliphatic carbocycles. The maximum absolute atomic E-state index is 3.30. The van der Waals surface area contributed by atoms with E-state index in [0.29, 0.717) is 6.04 Å². The van der Waals surface area contributed by atoms with E-state index in [9.17, 15) is 0 Å². The number of aryl methyl sites for hydroxylation is 1. The van der Waals surface area contributed by atoms with E-state index in [1.807, 2.05) is 40.0 Å². The molecule has 1 unspecified atom stereocenters. The zero-order valence-corrected chi connectivity index (χ0v) is 11.7. The molecule has 0 radical (unpaired) electrons. The average molecular weight is 231 g/mol. The molecule has 0 saturated carbocycles. The van der Waals surface area contributed by atoms with Crippen molar-refractivity contribution in [2.75, 3.05) is 0 Å². The molecule has 0 bridgehead atoms. The van der Waals surface area contributed by atoms with Gasteiger partial charge in [-0.3, -0.25) is 0 Å². The average Bonchev–Trinajstić information content (AvgIpc) is 2.44. The van der Waals surface area contributed by atoms with E-state index in [2.05, 4.69) is 48.7 Å². The molecule has 1 aromatic carbocycles. The predicted octanol–water partition coefficient (Wildman–Crippen LogP) is 4.76. The van der Waals surface area contributed by atoms with Gasteiger partial charge in [-0.25, -0.2) is 0 Å². The van der Waals surface area contributed by atoms with Crippen molar-refractivity contribution in [3.05, 3.63) is 59.8 Å².